The molecule has 0 aliphatic heterocycles. The number of benzene rings is 3. The van der Waals surface area contributed by atoms with Crippen LogP contribution in [0.2, 0.25) is 0 Å². The number of carbonyl (C=O) groups excluding carboxylic acids is 1. The lowest BCUT2D eigenvalue weighted by Gasteiger charge is -2.23. The number of anilines is 1. The van der Waals surface area contributed by atoms with Crippen LogP contribution in [0.3, 0.4) is 0 Å². The van der Waals surface area contributed by atoms with Gasteiger partial charge in [-0.15, -0.1) is 0 Å². The molecule has 1 unspecified atom stereocenters. The molecule has 192 valence electrons. The molecule has 0 fully saturated rings. The van der Waals surface area contributed by atoms with Gasteiger partial charge in [-0.3, -0.25) is 4.79 Å². The molecule has 2 N–H and O–H groups in total. The second-order valence-corrected chi connectivity index (χ2v) is 11.2. The summed E-state index contributed by atoms with van der Waals surface area (Å²) in [5.74, 6) is -2.08. The van der Waals surface area contributed by atoms with E-state index in [1.165, 1.54) is 25.1 Å². The van der Waals surface area contributed by atoms with Crippen molar-refractivity contribution in [3.05, 3.63) is 94.0 Å². The molecule has 0 aromatic heterocycles. The summed E-state index contributed by atoms with van der Waals surface area (Å²) in [6, 6.07) is 15.4. The molecule has 0 bridgehead atoms. The first-order valence-corrected chi connectivity index (χ1v) is 12.8. The van der Waals surface area contributed by atoms with Crippen LogP contribution in [-0.4, -0.2) is 30.8 Å². The van der Waals surface area contributed by atoms with E-state index < -0.39 is 38.8 Å². The van der Waals surface area contributed by atoms with Crippen molar-refractivity contribution in [2.45, 2.75) is 50.8 Å². The molecule has 3 rings (SSSR count). The molecule has 0 spiro atoms. The Morgan fingerprint density at radius 1 is 0.917 bits per heavy atom. The number of sulfone groups is 1. The molecule has 0 saturated heterocycles. The zero-order valence-electron chi connectivity index (χ0n) is 20.4. The maximum Gasteiger partial charge on any atom is 0.416 e. The Kier molecular flexibility index (Phi) is 7.66. The lowest BCUT2D eigenvalue weighted by atomic mass is 9.99. The lowest BCUT2D eigenvalue weighted by molar-refractivity contribution is -0.138. The van der Waals surface area contributed by atoms with Gasteiger partial charge in [-0.2, -0.15) is 13.2 Å². The quantitative estimate of drug-likeness (QED) is 0.439. The number of carbonyl (C=O) groups is 1. The molecule has 0 heterocycles. The summed E-state index contributed by atoms with van der Waals surface area (Å²) in [4.78, 5) is 12.7. The van der Waals surface area contributed by atoms with Crippen LogP contribution in [0.5, 0.6) is 0 Å². The van der Waals surface area contributed by atoms with Gasteiger partial charge in [0.05, 0.1) is 16.2 Å². The van der Waals surface area contributed by atoms with Crippen molar-refractivity contribution in [2.24, 2.45) is 0 Å². The number of nitrogens with one attached hydrogen (secondary N) is 1. The van der Waals surface area contributed by atoms with E-state index in [-0.39, 0.29) is 16.1 Å². The van der Waals surface area contributed by atoms with Gasteiger partial charge in [0.1, 0.15) is 0 Å². The molecule has 1 atom stereocenters. The molecule has 9 heteroatoms. The highest BCUT2D eigenvalue weighted by atomic mass is 32.2. The first-order valence-electron chi connectivity index (χ1n) is 11.2. The van der Waals surface area contributed by atoms with E-state index in [4.69, 9.17) is 0 Å². The number of hydrogen-bond acceptors (Lipinski definition) is 4. The largest absolute Gasteiger partial charge is 0.416 e. The number of halogens is 3. The number of aliphatic hydroxyl groups is 1. The zero-order valence-corrected chi connectivity index (χ0v) is 21.2. The van der Waals surface area contributed by atoms with Gasteiger partial charge in [0.15, 0.2) is 15.4 Å². The van der Waals surface area contributed by atoms with Crippen LogP contribution in [0.4, 0.5) is 18.9 Å². The summed E-state index contributed by atoms with van der Waals surface area (Å²) >= 11 is 0. The third-order valence-corrected chi connectivity index (χ3v) is 7.96. The van der Waals surface area contributed by atoms with Crippen LogP contribution in [0.15, 0.2) is 65.6 Å². The Morgan fingerprint density at radius 3 is 2.22 bits per heavy atom. The van der Waals surface area contributed by atoms with Crippen molar-refractivity contribution < 1.29 is 31.5 Å². The van der Waals surface area contributed by atoms with E-state index in [1.54, 1.807) is 18.2 Å². The Hall–Kier alpha value is -3.17. The fourth-order valence-electron chi connectivity index (χ4n) is 3.93. The summed E-state index contributed by atoms with van der Waals surface area (Å²) in [6.07, 6.45) is -4.29. The first kappa shape index (κ1) is 27.4. The van der Waals surface area contributed by atoms with Gasteiger partial charge in [-0.25, -0.2) is 8.42 Å². The van der Waals surface area contributed by atoms with Crippen LogP contribution in [0, 0.1) is 20.8 Å². The average molecular weight is 520 g/mol. The predicted molar refractivity (Wildman–Crippen MR) is 133 cm³/mol. The van der Waals surface area contributed by atoms with E-state index in [9.17, 15) is 31.5 Å². The zero-order chi connectivity index (χ0) is 26.9. The number of alkyl halides is 3. The van der Waals surface area contributed by atoms with E-state index in [2.05, 4.69) is 5.32 Å². The van der Waals surface area contributed by atoms with Crippen LogP contribution >= 0.6 is 0 Å². The fraction of sp³-hybridized carbons (Fsp3) is 0.296. The number of rotatable bonds is 7. The molecule has 5 nitrogen and oxygen atoms in total. The SMILES string of the molecule is Cc1ccc(C)c(Cc2ccccc2S(=O)(=O)CC(C)(O)C(=O)Nc2ccc(C)c(C(F)(F)F)c2)c1. The summed E-state index contributed by atoms with van der Waals surface area (Å²) in [7, 11) is -4.16. The normalized spacial score (nSPS) is 13.8. The monoisotopic (exact) mass is 519 g/mol. The molecule has 0 saturated carbocycles. The topological polar surface area (TPSA) is 83.5 Å². The van der Waals surface area contributed by atoms with Crippen molar-refractivity contribution in [3.8, 4) is 0 Å². The fourth-order valence-corrected chi connectivity index (χ4v) is 5.79. The first-order chi connectivity index (χ1) is 16.6. The van der Waals surface area contributed by atoms with E-state index in [0.717, 1.165) is 29.7 Å². The van der Waals surface area contributed by atoms with Crippen LogP contribution < -0.4 is 5.32 Å². The van der Waals surface area contributed by atoms with Crippen LogP contribution in [0.1, 0.15) is 40.3 Å². The lowest BCUT2D eigenvalue weighted by Crippen LogP contribution is -2.46. The van der Waals surface area contributed by atoms with Gasteiger partial charge < -0.3 is 10.4 Å². The van der Waals surface area contributed by atoms with Gasteiger partial charge in [-0.05, 0) is 74.6 Å². The molecule has 36 heavy (non-hydrogen) atoms. The minimum Gasteiger partial charge on any atom is -0.379 e. The van der Waals surface area contributed by atoms with Gasteiger partial charge in [-0.1, -0.05) is 48.0 Å². The van der Waals surface area contributed by atoms with Crippen LogP contribution in [-0.2, 0) is 27.2 Å². The molecule has 0 radical (unpaired) electrons. The molecule has 0 aliphatic rings. The van der Waals surface area contributed by atoms with E-state index >= 15 is 0 Å². The Morgan fingerprint density at radius 2 is 1.56 bits per heavy atom. The summed E-state index contributed by atoms with van der Waals surface area (Å²) in [6.45, 7) is 6.17. The standard InChI is InChI=1S/C27H28F3NO4S/c1-17-9-10-18(2)21(13-17)14-20-7-5-6-8-24(20)36(34,35)16-26(4,33)25(32)31-22-12-11-19(3)23(15-22)27(28,29)30/h5-13,15,33H,14,16H2,1-4H3,(H,31,32). The maximum absolute atomic E-state index is 13.3. The Labute approximate surface area is 208 Å². The Balaban J connectivity index is 1.86. The van der Waals surface area contributed by atoms with Crippen molar-refractivity contribution in [2.75, 3.05) is 11.1 Å². The molecular weight excluding hydrogens is 491 g/mol. The van der Waals surface area contributed by atoms with Crippen molar-refractivity contribution in [1.82, 2.24) is 0 Å². The molecular formula is C27H28F3NO4S. The van der Waals surface area contributed by atoms with Crippen molar-refractivity contribution in [1.29, 1.82) is 0 Å². The minimum atomic E-state index is -4.63. The summed E-state index contributed by atoms with van der Waals surface area (Å²) in [5, 5.41) is 13.0. The number of amides is 1. The van der Waals surface area contributed by atoms with Crippen molar-refractivity contribution >= 4 is 21.4 Å². The van der Waals surface area contributed by atoms with Gasteiger partial charge in [0, 0.05) is 5.69 Å². The highest BCUT2D eigenvalue weighted by Crippen LogP contribution is 2.34. The highest BCUT2D eigenvalue weighted by molar-refractivity contribution is 7.91. The summed E-state index contributed by atoms with van der Waals surface area (Å²) < 4.78 is 66.2. The predicted octanol–water partition coefficient (Wildman–Crippen LogP) is 5.38. The average Bonchev–Trinajstić information content (AvgIpc) is 2.76. The van der Waals surface area contributed by atoms with E-state index in [1.807, 2.05) is 32.0 Å². The second kappa shape index (κ2) is 10.1. The van der Waals surface area contributed by atoms with Gasteiger partial charge >= 0.3 is 6.18 Å². The highest BCUT2D eigenvalue weighted by Gasteiger charge is 2.38. The Bertz CT molecular complexity index is 1400. The van der Waals surface area contributed by atoms with Gasteiger partial charge in [0.2, 0.25) is 0 Å². The number of hydrogen-bond donors (Lipinski definition) is 2. The third-order valence-electron chi connectivity index (χ3n) is 5.95. The molecule has 3 aromatic carbocycles. The smallest absolute Gasteiger partial charge is 0.379 e. The van der Waals surface area contributed by atoms with E-state index in [0.29, 0.717) is 12.0 Å². The number of aryl methyl sites for hydroxylation is 3. The maximum atomic E-state index is 13.3. The van der Waals surface area contributed by atoms with Crippen LogP contribution in [0.25, 0.3) is 0 Å². The third kappa shape index (κ3) is 6.33. The van der Waals surface area contributed by atoms with Gasteiger partial charge in [0.25, 0.3) is 5.91 Å². The van der Waals surface area contributed by atoms with Crippen molar-refractivity contribution in [3.63, 3.8) is 0 Å². The summed E-state index contributed by atoms with van der Waals surface area (Å²) in [5.41, 5.74) is -0.100. The minimum absolute atomic E-state index is 0.0197. The molecule has 3 aromatic rings. The molecule has 0 aliphatic carbocycles. The molecule has 1 amide bonds. The second-order valence-electron chi connectivity index (χ2n) is 9.23.